The van der Waals surface area contributed by atoms with Crippen LogP contribution < -0.4 is 3.48 Å². The van der Waals surface area contributed by atoms with E-state index in [1.807, 2.05) is 0 Å². The molecule has 33 heavy (non-hydrogen) atoms. The molecule has 6 unspecified atom stereocenters. The van der Waals surface area contributed by atoms with Gasteiger partial charge in [-0.1, -0.05) is 0 Å². The first-order valence-electron chi connectivity index (χ1n) is 12.0. The van der Waals surface area contributed by atoms with Crippen molar-refractivity contribution in [1.82, 2.24) is 18.3 Å². The first-order valence-corrected chi connectivity index (χ1v) is 18.4. The van der Waals surface area contributed by atoms with Crippen molar-refractivity contribution in [2.24, 2.45) is 5.92 Å². The average molecular weight is 573 g/mol. The number of hydrogen-bond acceptors (Lipinski definition) is 7. The standard InChI is InChI=1S/C18H26FN4O.C4H8O2.2CH3.Sb/c1-11-5-15(20)16(23(11)2)10-24-14-3-4-18(7-12(18)6-14)17-21-8-13(19)9-22-17;1-4(2)6-3-5;;;/h8-9,11-12,14-16,20H,3-7,10H2,1-2H3;3-4H,1-2H3;2*1H3;/q-1;;;;+1. The third kappa shape index (κ3) is 6.87. The van der Waals surface area contributed by atoms with E-state index in [1.165, 1.54) is 18.8 Å². The van der Waals surface area contributed by atoms with Gasteiger partial charge in [0.15, 0.2) is 5.82 Å². The van der Waals surface area contributed by atoms with Gasteiger partial charge >= 0.3 is 160 Å². The van der Waals surface area contributed by atoms with Crippen LogP contribution in [0.5, 0.6) is 0 Å². The van der Waals surface area contributed by atoms with Gasteiger partial charge in [-0.2, -0.15) is 0 Å². The van der Waals surface area contributed by atoms with Crippen LogP contribution in [0.4, 0.5) is 4.39 Å². The molecule has 0 bridgehead atoms. The van der Waals surface area contributed by atoms with Crippen LogP contribution in [0.15, 0.2) is 12.4 Å². The molecule has 3 aliphatic rings. The Morgan fingerprint density at radius 1 is 1.33 bits per heavy atom. The van der Waals surface area contributed by atoms with Gasteiger partial charge in [-0.15, -0.1) is 0 Å². The molecule has 186 valence electrons. The minimum atomic E-state index is -1.21. The monoisotopic (exact) mass is 572 g/mol. The van der Waals surface area contributed by atoms with Gasteiger partial charge in [-0.05, 0) is 13.8 Å². The summed E-state index contributed by atoms with van der Waals surface area (Å²) in [5, 5.41) is 0. The molecule has 6 atom stereocenters. The Hall–Kier alpha value is -0.822. The van der Waals surface area contributed by atoms with Crippen molar-refractivity contribution >= 4 is 27.0 Å². The number of hydrogen-bond donors (Lipinski definition) is 1. The summed E-state index contributed by atoms with van der Waals surface area (Å²) >= 11 is -1.21. The molecule has 9 heteroatoms. The molecule has 1 aromatic heterocycles. The zero-order chi connectivity index (χ0) is 24.2. The van der Waals surface area contributed by atoms with Gasteiger partial charge in [0, 0.05) is 0 Å². The summed E-state index contributed by atoms with van der Waals surface area (Å²) in [6.45, 7) is 7.20. The van der Waals surface area contributed by atoms with Crippen LogP contribution in [0, 0.1) is 11.7 Å². The number of nitrogens with zero attached hydrogens (tertiary/aromatic N) is 3. The zero-order valence-electron chi connectivity index (χ0n) is 20.8. The number of ether oxygens (including phenoxy) is 2. The van der Waals surface area contributed by atoms with Gasteiger partial charge in [0.25, 0.3) is 6.47 Å². The van der Waals surface area contributed by atoms with Crippen LogP contribution >= 0.6 is 0 Å². The first-order chi connectivity index (χ1) is 15.7. The van der Waals surface area contributed by atoms with E-state index in [0.717, 1.165) is 38.1 Å². The maximum atomic E-state index is 13.1. The molecule has 2 aliphatic carbocycles. The van der Waals surface area contributed by atoms with Crippen molar-refractivity contribution in [1.29, 1.82) is 0 Å². The molecule has 4 rings (SSSR count). The van der Waals surface area contributed by atoms with Crippen LogP contribution in [0.25, 0.3) is 0 Å². The Bertz CT molecular complexity index is 767. The zero-order valence-corrected chi connectivity index (χ0v) is 23.4. The van der Waals surface area contributed by atoms with E-state index in [1.54, 1.807) is 13.8 Å². The molecular weight excluding hydrogens is 533 g/mol. The van der Waals surface area contributed by atoms with Gasteiger partial charge in [0.2, 0.25) is 0 Å². The number of carbonyl (C=O) groups excluding carboxylic acids is 1. The molecule has 2 heterocycles. The number of likely N-dealkylation sites (tertiary alicyclic amines) is 1. The number of likely N-dealkylation sites (N-methyl/N-ethyl adjacent to an activating group) is 1. The summed E-state index contributed by atoms with van der Waals surface area (Å²) in [5.41, 5.74) is 0.0986. The van der Waals surface area contributed by atoms with Crippen molar-refractivity contribution in [2.45, 2.75) is 98.4 Å². The van der Waals surface area contributed by atoms with E-state index in [9.17, 15) is 9.18 Å². The first kappa shape index (κ1) is 26.8. The molecule has 1 saturated heterocycles. The molecule has 3 fully saturated rings. The van der Waals surface area contributed by atoms with Gasteiger partial charge in [0.05, 0.1) is 6.10 Å². The summed E-state index contributed by atoms with van der Waals surface area (Å²) in [4.78, 5) is 25.2. The van der Waals surface area contributed by atoms with E-state index in [2.05, 4.69) is 46.8 Å². The van der Waals surface area contributed by atoms with Crippen molar-refractivity contribution in [3.8, 4) is 0 Å². The molecule has 0 amide bonds. The van der Waals surface area contributed by atoms with Crippen molar-refractivity contribution < 1.29 is 18.7 Å². The van der Waals surface area contributed by atoms with Crippen LogP contribution in [0.3, 0.4) is 0 Å². The Labute approximate surface area is 205 Å². The van der Waals surface area contributed by atoms with Gasteiger partial charge in [-0.25, -0.2) is 4.39 Å². The second-order valence-corrected chi connectivity index (χ2v) is 16.1. The Morgan fingerprint density at radius 2 is 2.03 bits per heavy atom. The number of fused-ring (bicyclic) bond motifs is 1. The molecule has 0 spiro atoms. The van der Waals surface area contributed by atoms with Crippen molar-refractivity contribution in [3.05, 3.63) is 24.0 Å². The number of nitrogens with one attached hydrogen (secondary N) is 1. The quantitative estimate of drug-likeness (QED) is 0.378. The SMILES string of the molecule is CC(C)OC=O.CC1CC([NH][Sb]([CH3])[CH3])C(COC2CCC3(c4ncc(F)cn4)CC3C2)N1C. The second kappa shape index (κ2) is 11.7. The fourth-order valence-corrected chi connectivity index (χ4v) is 7.99. The third-order valence-corrected chi connectivity index (χ3v) is 9.71. The molecule has 7 nitrogen and oxygen atoms in total. The number of aromatic nitrogens is 2. The van der Waals surface area contributed by atoms with Crippen LogP contribution in [0.2, 0.25) is 9.74 Å². The van der Waals surface area contributed by atoms with Crippen molar-refractivity contribution in [3.63, 3.8) is 0 Å². The summed E-state index contributed by atoms with van der Waals surface area (Å²) < 4.78 is 27.8. The van der Waals surface area contributed by atoms with Crippen LogP contribution in [0.1, 0.15) is 58.7 Å². The van der Waals surface area contributed by atoms with Crippen LogP contribution in [-0.4, -0.2) is 85.8 Å². The van der Waals surface area contributed by atoms with Gasteiger partial charge < -0.3 is 4.74 Å². The third-order valence-electron chi connectivity index (χ3n) is 7.29. The van der Waals surface area contributed by atoms with Gasteiger partial charge in [-0.3, -0.25) is 4.79 Å². The van der Waals surface area contributed by atoms with Crippen molar-refractivity contribution in [2.75, 3.05) is 13.7 Å². The minimum absolute atomic E-state index is 0.0301. The number of carbonyl (C=O) groups is 1. The van der Waals surface area contributed by atoms with E-state index >= 15 is 0 Å². The molecular formula is C24H40FN4O3Sb. The molecule has 2 saturated carbocycles. The predicted octanol–water partition coefficient (Wildman–Crippen LogP) is 3.31. The molecule has 1 aliphatic heterocycles. The molecule has 0 aromatic carbocycles. The summed E-state index contributed by atoms with van der Waals surface area (Å²) in [5.74, 6) is 1.08. The summed E-state index contributed by atoms with van der Waals surface area (Å²) in [7, 11) is 2.24. The average Bonchev–Trinajstić information content (AvgIpc) is 3.42. The second-order valence-electron chi connectivity index (χ2n) is 10.2. The fourth-order valence-electron chi connectivity index (χ4n) is 5.31. The van der Waals surface area contributed by atoms with E-state index in [4.69, 9.17) is 4.74 Å². The number of halogens is 1. The normalized spacial score (nSPS) is 33.4. The number of rotatable bonds is 8. The Morgan fingerprint density at radius 3 is 2.58 bits per heavy atom. The topological polar surface area (TPSA) is 76.6 Å². The summed E-state index contributed by atoms with van der Waals surface area (Å²) in [6, 6.07) is 1.69. The summed E-state index contributed by atoms with van der Waals surface area (Å²) in [6.07, 6.45) is 8.55. The molecule has 1 N–H and O–H groups in total. The Balaban J connectivity index is 0.000000454. The van der Waals surface area contributed by atoms with Gasteiger partial charge in [0.1, 0.15) is 0 Å². The van der Waals surface area contributed by atoms with Crippen LogP contribution in [-0.2, 0) is 19.7 Å². The predicted molar refractivity (Wildman–Crippen MR) is 128 cm³/mol. The maximum absolute atomic E-state index is 13.1. The molecule has 0 radical (unpaired) electrons. The van der Waals surface area contributed by atoms with E-state index in [-0.39, 0.29) is 17.3 Å². The van der Waals surface area contributed by atoms with E-state index < -0.39 is 20.5 Å². The van der Waals surface area contributed by atoms with E-state index in [0.29, 0.717) is 36.6 Å². The fraction of sp³-hybridized carbons (Fsp3) is 0.792. The Kier molecular flexibility index (Phi) is 9.53. The molecule has 1 aromatic rings.